The summed E-state index contributed by atoms with van der Waals surface area (Å²) in [6.45, 7) is 6.62. The number of hydrogen-bond acceptors (Lipinski definition) is 3. The molecule has 3 N–H and O–H groups in total. The lowest BCUT2D eigenvalue weighted by Gasteiger charge is -2.13. The molecule has 7 nitrogen and oxygen atoms in total. The van der Waals surface area contributed by atoms with E-state index in [2.05, 4.69) is 20.9 Å². The molecule has 2 aromatic rings. The van der Waals surface area contributed by atoms with Gasteiger partial charge in [0.05, 0.1) is 6.54 Å². The van der Waals surface area contributed by atoms with Crippen LogP contribution in [0.1, 0.15) is 52.1 Å². The molecule has 2 rings (SSSR count). The zero-order valence-corrected chi connectivity index (χ0v) is 19.6. The third-order valence-corrected chi connectivity index (χ3v) is 4.77. The summed E-state index contributed by atoms with van der Waals surface area (Å²) >= 11 is 0. The third-order valence-electron chi connectivity index (χ3n) is 4.77. The first-order valence-corrected chi connectivity index (χ1v) is 11.1. The van der Waals surface area contributed by atoms with E-state index in [9.17, 15) is 9.59 Å². The van der Waals surface area contributed by atoms with E-state index in [1.165, 1.54) is 0 Å². The third kappa shape index (κ3) is 8.06. The second-order valence-corrected chi connectivity index (χ2v) is 7.73. The molecular formula is C25H35N5O2. The Morgan fingerprint density at radius 1 is 0.875 bits per heavy atom. The van der Waals surface area contributed by atoms with Gasteiger partial charge >= 0.3 is 0 Å². The van der Waals surface area contributed by atoms with Crippen molar-refractivity contribution < 1.29 is 9.59 Å². The van der Waals surface area contributed by atoms with Crippen molar-refractivity contribution >= 4 is 17.8 Å². The summed E-state index contributed by atoms with van der Waals surface area (Å²) in [5, 5.41) is 9.49. The highest BCUT2D eigenvalue weighted by Gasteiger charge is 2.08. The van der Waals surface area contributed by atoms with Gasteiger partial charge in [-0.1, -0.05) is 31.2 Å². The predicted octanol–water partition coefficient (Wildman–Crippen LogP) is 2.83. The quantitative estimate of drug-likeness (QED) is 0.394. The maximum Gasteiger partial charge on any atom is 0.253 e. The van der Waals surface area contributed by atoms with Crippen molar-refractivity contribution in [2.45, 2.75) is 33.2 Å². The van der Waals surface area contributed by atoms with Gasteiger partial charge in [-0.3, -0.25) is 9.59 Å². The molecule has 0 aliphatic rings. The molecular weight excluding hydrogens is 402 g/mol. The Hall–Kier alpha value is -3.35. The Balaban J connectivity index is 1.96. The summed E-state index contributed by atoms with van der Waals surface area (Å²) < 4.78 is 0. The van der Waals surface area contributed by atoms with Crippen LogP contribution in [0.5, 0.6) is 0 Å². The van der Waals surface area contributed by atoms with Crippen LogP contribution in [0.3, 0.4) is 0 Å². The van der Waals surface area contributed by atoms with Gasteiger partial charge in [-0.25, -0.2) is 4.99 Å². The van der Waals surface area contributed by atoms with Gasteiger partial charge in [-0.05, 0) is 55.2 Å². The Bertz CT molecular complexity index is 924. The van der Waals surface area contributed by atoms with Crippen LogP contribution in [0, 0.1) is 0 Å². The number of carbonyl (C=O) groups is 2. The predicted molar refractivity (Wildman–Crippen MR) is 130 cm³/mol. The van der Waals surface area contributed by atoms with Crippen LogP contribution in [0.25, 0.3) is 0 Å². The van der Waals surface area contributed by atoms with E-state index in [1.807, 2.05) is 62.4 Å². The van der Waals surface area contributed by atoms with Gasteiger partial charge in [0.25, 0.3) is 11.8 Å². The Morgan fingerprint density at radius 3 is 2.25 bits per heavy atom. The number of guanidine groups is 1. The molecule has 0 saturated heterocycles. The van der Waals surface area contributed by atoms with Crippen LogP contribution in [0.2, 0.25) is 0 Å². The van der Waals surface area contributed by atoms with Crippen LogP contribution in [-0.2, 0) is 13.0 Å². The van der Waals surface area contributed by atoms with Crippen molar-refractivity contribution in [1.82, 2.24) is 20.9 Å². The lowest BCUT2D eigenvalue weighted by Crippen LogP contribution is -2.38. The highest BCUT2D eigenvalue weighted by atomic mass is 16.2. The molecule has 2 amide bonds. The SMILES string of the molecule is CCCNC(=O)c1cccc(CN=C(NCC)NCCc2cccc(C(=O)N(C)C)c2)c1. The summed E-state index contributed by atoms with van der Waals surface area (Å²) in [5.74, 6) is 0.659. The van der Waals surface area contributed by atoms with Crippen molar-refractivity contribution in [2.75, 3.05) is 33.7 Å². The Labute approximate surface area is 191 Å². The summed E-state index contributed by atoms with van der Waals surface area (Å²) in [7, 11) is 3.51. The van der Waals surface area contributed by atoms with Gasteiger partial charge in [0.1, 0.15) is 0 Å². The molecule has 0 aliphatic carbocycles. The second-order valence-electron chi connectivity index (χ2n) is 7.73. The van der Waals surface area contributed by atoms with Gasteiger partial charge in [-0.2, -0.15) is 0 Å². The fourth-order valence-corrected chi connectivity index (χ4v) is 3.11. The largest absolute Gasteiger partial charge is 0.357 e. The first-order valence-electron chi connectivity index (χ1n) is 11.1. The first kappa shape index (κ1) is 24.9. The van der Waals surface area contributed by atoms with Crippen LogP contribution >= 0.6 is 0 Å². The monoisotopic (exact) mass is 437 g/mol. The number of nitrogens with one attached hydrogen (secondary N) is 3. The van der Waals surface area contributed by atoms with Gasteiger partial charge in [0.2, 0.25) is 0 Å². The molecule has 7 heteroatoms. The smallest absolute Gasteiger partial charge is 0.253 e. The lowest BCUT2D eigenvalue weighted by molar-refractivity contribution is 0.0827. The van der Waals surface area contributed by atoms with Crippen molar-refractivity contribution in [3.63, 3.8) is 0 Å². The molecule has 0 radical (unpaired) electrons. The fraction of sp³-hybridized carbons (Fsp3) is 0.400. The van der Waals surface area contributed by atoms with Crippen LogP contribution in [0.15, 0.2) is 53.5 Å². The standard InChI is InChI=1S/C25H35N5O2/c1-5-14-27-23(31)21-11-8-10-20(17-21)18-29-25(26-6-2)28-15-13-19-9-7-12-22(16-19)24(32)30(3)4/h7-12,16-17H,5-6,13-15,18H2,1-4H3,(H,27,31)(H2,26,28,29). The number of carbonyl (C=O) groups excluding carboxylic acids is 2. The maximum atomic E-state index is 12.2. The molecule has 0 atom stereocenters. The molecule has 0 bridgehead atoms. The molecule has 2 aromatic carbocycles. The van der Waals surface area contributed by atoms with E-state index < -0.39 is 0 Å². The van der Waals surface area contributed by atoms with Crippen LogP contribution < -0.4 is 16.0 Å². The lowest BCUT2D eigenvalue weighted by atomic mass is 10.1. The van der Waals surface area contributed by atoms with Crippen molar-refractivity contribution in [2.24, 2.45) is 4.99 Å². The first-order chi connectivity index (χ1) is 15.4. The van der Waals surface area contributed by atoms with Crippen molar-refractivity contribution in [1.29, 1.82) is 0 Å². The molecule has 0 spiro atoms. The average molecular weight is 438 g/mol. The molecule has 0 fully saturated rings. The second kappa shape index (κ2) is 13.1. The maximum absolute atomic E-state index is 12.2. The van der Waals surface area contributed by atoms with E-state index in [-0.39, 0.29) is 11.8 Å². The van der Waals surface area contributed by atoms with E-state index in [4.69, 9.17) is 0 Å². The zero-order chi connectivity index (χ0) is 23.3. The van der Waals surface area contributed by atoms with E-state index >= 15 is 0 Å². The molecule has 0 unspecified atom stereocenters. The minimum Gasteiger partial charge on any atom is -0.357 e. The number of hydrogen-bond donors (Lipinski definition) is 3. The number of benzene rings is 2. The summed E-state index contributed by atoms with van der Waals surface area (Å²) in [4.78, 5) is 30.6. The van der Waals surface area contributed by atoms with Gasteiger partial charge in [0.15, 0.2) is 5.96 Å². The minimum atomic E-state index is -0.0577. The Kier molecular flexibility index (Phi) is 10.2. The van der Waals surface area contributed by atoms with Gasteiger partial charge in [0, 0.05) is 44.9 Å². The molecule has 0 aliphatic heterocycles. The summed E-state index contributed by atoms with van der Waals surface area (Å²) in [6.07, 6.45) is 1.68. The number of rotatable bonds is 10. The van der Waals surface area contributed by atoms with E-state index in [0.717, 1.165) is 30.5 Å². The van der Waals surface area contributed by atoms with Crippen molar-refractivity contribution in [3.8, 4) is 0 Å². The van der Waals surface area contributed by atoms with E-state index in [0.29, 0.717) is 36.7 Å². The highest BCUT2D eigenvalue weighted by Crippen LogP contribution is 2.09. The van der Waals surface area contributed by atoms with Gasteiger partial charge < -0.3 is 20.9 Å². The van der Waals surface area contributed by atoms with E-state index in [1.54, 1.807) is 19.0 Å². The topological polar surface area (TPSA) is 85.8 Å². The summed E-state index contributed by atoms with van der Waals surface area (Å²) in [5.41, 5.74) is 3.40. The van der Waals surface area contributed by atoms with Crippen molar-refractivity contribution in [3.05, 3.63) is 70.8 Å². The molecule has 0 aromatic heterocycles. The average Bonchev–Trinajstić information content (AvgIpc) is 2.80. The van der Waals surface area contributed by atoms with Crippen LogP contribution in [0.4, 0.5) is 0 Å². The Morgan fingerprint density at radius 2 is 1.56 bits per heavy atom. The normalized spacial score (nSPS) is 11.1. The highest BCUT2D eigenvalue weighted by molar-refractivity contribution is 5.94. The minimum absolute atomic E-state index is 0.000293. The van der Waals surface area contributed by atoms with Gasteiger partial charge in [-0.15, -0.1) is 0 Å². The number of nitrogens with zero attached hydrogens (tertiary/aromatic N) is 2. The number of amides is 2. The molecule has 32 heavy (non-hydrogen) atoms. The molecule has 0 saturated carbocycles. The number of aliphatic imine (C=N–C) groups is 1. The fourth-order valence-electron chi connectivity index (χ4n) is 3.11. The zero-order valence-electron chi connectivity index (χ0n) is 19.6. The summed E-state index contributed by atoms with van der Waals surface area (Å²) in [6, 6.07) is 15.3. The molecule has 0 heterocycles. The molecule has 172 valence electrons. The van der Waals surface area contributed by atoms with Crippen LogP contribution in [-0.4, -0.2) is 56.4 Å².